The van der Waals surface area contributed by atoms with Gasteiger partial charge in [-0.1, -0.05) is 66.7 Å². The number of carbonyl (C=O) groups excluding carboxylic acids is 2. The summed E-state index contributed by atoms with van der Waals surface area (Å²) in [7, 11) is 0. The zero-order valence-corrected chi connectivity index (χ0v) is 19.6. The van der Waals surface area contributed by atoms with Gasteiger partial charge in [0, 0.05) is 36.3 Å². The van der Waals surface area contributed by atoms with Crippen molar-refractivity contribution in [2.75, 3.05) is 25.0 Å². The SMILES string of the molecule is C[C@@H]1CN(Cc2ccccc2C(=O)NC2N=C(c3ccccc3)c3ccccc3NC2=O)CCO1. The van der Waals surface area contributed by atoms with E-state index in [0.717, 1.165) is 29.8 Å². The molecule has 5 rings (SSSR count). The quantitative estimate of drug-likeness (QED) is 0.601. The van der Waals surface area contributed by atoms with Gasteiger partial charge >= 0.3 is 0 Å². The Morgan fingerprint density at radius 1 is 1.06 bits per heavy atom. The van der Waals surface area contributed by atoms with Gasteiger partial charge in [-0.15, -0.1) is 0 Å². The summed E-state index contributed by atoms with van der Waals surface area (Å²) in [6.45, 7) is 4.99. The van der Waals surface area contributed by atoms with Gasteiger partial charge in [-0.05, 0) is 24.6 Å². The van der Waals surface area contributed by atoms with Crippen molar-refractivity contribution < 1.29 is 14.3 Å². The number of para-hydroxylation sites is 1. The van der Waals surface area contributed by atoms with Crippen LogP contribution < -0.4 is 10.6 Å². The zero-order valence-electron chi connectivity index (χ0n) is 19.6. The van der Waals surface area contributed by atoms with E-state index in [1.165, 1.54) is 0 Å². The number of benzene rings is 3. The third kappa shape index (κ3) is 5.16. The lowest BCUT2D eigenvalue weighted by molar-refractivity contribution is -0.117. The molecule has 0 radical (unpaired) electrons. The van der Waals surface area contributed by atoms with Crippen LogP contribution in [-0.2, 0) is 16.1 Å². The molecule has 0 saturated carbocycles. The van der Waals surface area contributed by atoms with Crippen LogP contribution in [0.4, 0.5) is 5.69 Å². The Morgan fingerprint density at radius 2 is 1.80 bits per heavy atom. The lowest BCUT2D eigenvalue weighted by atomic mass is 10.0. The monoisotopic (exact) mass is 468 g/mol. The van der Waals surface area contributed by atoms with E-state index in [1.807, 2.05) is 72.8 Å². The molecule has 0 aromatic heterocycles. The summed E-state index contributed by atoms with van der Waals surface area (Å²) in [5.74, 6) is -0.708. The molecule has 2 atom stereocenters. The largest absolute Gasteiger partial charge is 0.376 e. The standard InChI is InChI=1S/C28H28N4O3/c1-19-17-32(15-16-35-19)18-21-11-5-6-12-22(21)27(33)31-26-28(34)29-24-14-8-7-13-23(24)25(30-26)20-9-3-2-4-10-20/h2-14,19,26H,15-18H2,1H3,(H,29,34)(H,31,33)/t19-,26?/m1/s1. The molecule has 178 valence electrons. The number of nitrogens with zero attached hydrogens (tertiary/aromatic N) is 2. The fourth-order valence-electron chi connectivity index (χ4n) is 4.54. The molecule has 35 heavy (non-hydrogen) atoms. The normalized spacial score (nSPS) is 20.3. The van der Waals surface area contributed by atoms with Gasteiger partial charge in [0.1, 0.15) is 0 Å². The molecule has 2 aliphatic rings. The van der Waals surface area contributed by atoms with Gasteiger partial charge < -0.3 is 15.4 Å². The van der Waals surface area contributed by atoms with E-state index in [2.05, 4.69) is 22.5 Å². The van der Waals surface area contributed by atoms with Crippen LogP contribution in [0.2, 0.25) is 0 Å². The van der Waals surface area contributed by atoms with Crippen LogP contribution in [-0.4, -0.2) is 54.4 Å². The van der Waals surface area contributed by atoms with E-state index >= 15 is 0 Å². The van der Waals surface area contributed by atoms with Crippen LogP contribution in [0.1, 0.15) is 34.0 Å². The molecule has 0 aliphatic carbocycles. The van der Waals surface area contributed by atoms with Crippen LogP contribution >= 0.6 is 0 Å². The lowest BCUT2D eigenvalue weighted by Crippen LogP contribution is -2.43. The summed E-state index contributed by atoms with van der Waals surface area (Å²) < 4.78 is 5.64. The number of carbonyl (C=O) groups is 2. The summed E-state index contributed by atoms with van der Waals surface area (Å²) in [6, 6.07) is 24.7. The number of morpholine rings is 1. The summed E-state index contributed by atoms with van der Waals surface area (Å²) in [5.41, 5.74) is 4.45. The molecule has 2 N–H and O–H groups in total. The summed E-state index contributed by atoms with van der Waals surface area (Å²) in [5, 5.41) is 5.79. The first-order valence-electron chi connectivity index (χ1n) is 11.8. The highest BCUT2D eigenvalue weighted by Gasteiger charge is 2.28. The molecule has 2 amide bonds. The molecule has 3 aromatic carbocycles. The van der Waals surface area contributed by atoms with E-state index in [1.54, 1.807) is 6.07 Å². The third-order valence-electron chi connectivity index (χ3n) is 6.24. The van der Waals surface area contributed by atoms with Crippen LogP contribution in [0.3, 0.4) is 0 Å². The molecular formula is C28H28N4O3. The van der Waals surface area contributed by atoms with Crippen molar-refractivity contribution in [1.82, 2.24) is 10.2 Å². The molecule has 1 fully saturated rings. The Morgan fingerprint density at radius 3 is 2.63 bits per heavy atom. The van der Waals surface area contributed by atoms with E-state index in [-0.39, 0.29) is 17.9 Å². The molecule has 1 unspecified atom stereocenters. The molecule has 2 heterocycles. The highest BCUT2D eigenvalue weighted by atomic mass is 16.5. The maximum absolute atomic E-state index is 13.4. The topological polar surface area (TPSA) is 83.0 Å². The van der Waals surface area contributed by atoms with Crippen molar-refractivity contribution in [2.24, 2.45) is 4.99 Å². The maximum atomic E-state index is 13.4. The van der Waals surface area contributed by atoms with Gasteiger partial charge in [0.25, 0.3) is 11.8 Å². The molecule has 2 aliphatic heterocycles. The molecule has 7 nitrogen and oxygen atoms in total. The van der Waals surface area contributed by atoms with Crippen molar-refractivity contribution in [2.45, 2.75) is 25.7 Å². The smallest absolute Gasteiger partial charge is 0.269 e. The van der Waals surface area contributed by atoms with Crippen molar-refractivity contribution in [3.8, 4) is 0 Å². The van der Waals surface area contributed by atoms with Gasteiger partial charge in [-0.2, -0.15) is 0 Å². The first-order valence-corrected chi connectivity index (χ1v) is 11.8. The Hall–Kier alpha value is -3.81. The van der Waals surface area contributed by atoms with Gasteiger partial charge in [0.05, 0.1) is 24.1 Å². The summed E-state index contributed by atoms with van der Waals surface area (Å²) in [6.07, 6.45) is -0.909. The number of amides is 2. The van der Waals surface area contributed by atoms with Crippen LogP contribution in [0.15, 0.2) is 83.9 Å². The van der Waals surface area contributed by atoms with E-state index < -0.39 is 6.17 Å². The Balaban J connectivity index is 1.43. The molecule has 3 aromatic rings. The minimum Gasteiger partial charge on any atom is -0.376 e. The fourth-order valence-corrected chi connectivity index (χ4v) is 4.54. The zero-order chi connectivity index (χ0) is 24.2. The van der Waals surface area contributed by atoms with E-state index in [0.29, 0.717) is 30.1 Å². The van der Waals surface area contributed by atoms with Crippen molar-refractivity contribution in [3.05, 3.63) is 101 Å². The third-order valence-corrected chi connectivity index (χ3v) is 6.24. The molecule has 0 bridgehead atoms. The van der Waals surface area contributed by atoms with Crippen molar-refractivity contribution in [3.63, 3.8) is 0 Å². The fraction of sp³-hybridized carbons (Fsp3) is 0.250. The van der Waals surface area contributed by atoms with Gasteiger partial charge in [0.2, 0.25) is 6.17 Å². The second kappa shape index (κ2) is 10.2. The first-order chi connectivity index (χ1) is 17.1. The lowest BCUT2D eigenvalue weighted by Gasteiger charge is -2.31. The van der Waals surface area contributed by atoms with Crippen LogP contribution in [0.5, 0.6) is 0 Å². The van der Waals surface area contributed by atoms with Crippen molar-refractivity contribution in [1.29, 1.82) is 0 Å². The van der Waals surface area contributed by atoms with Gasteiger partial charge in [-0.25, -0.2) is 4.99 Å². The average molecular weight is 469 g/mol. The minimum absolute atomic E-state index is 0.159. The minimum atomic E-state index is -1.07. The molecular weight excluding hydrogens is 440 g/mol. The number of nitrogens with one attached hydrogen (secondary N) is 2. The van der Waals surface area contributed by atoms with E-state index in [9.17, 15) is 9.59 Å². The number of anilines is 1. The molecule has 1 saturated heterocycles. The summed E-state index contributed by atoms with van der Waals surface area (Å²) in [4.78, 5) is 33.5. The van der Waals surface area contributed by atoms with Gasteiger partial charge in [0.15, 0.2) is 0 Å². The highest BCUT2D eigenvalue weighted by molar-refractivity contribution is 6.20. The number of hydrogen-bond acceptors (Lipinski definition) is 5. The number of benzodiazepines with no additional fused rings is 1. The van der Waals surface area contributed by atoms with Crippen LogP contribution in [0, 0.1) is 0 Å². The molecule has 7 heteroatoms. The Bertz CT molecular complexity index is 1260. The number of rotatable bonds is 5. The predicted molar refractivity (Wildman–Crippen MR) is 136 cm³/mol. The maximum Gasteiger partial charge on any atom is 0.269 e. The number of fused-ring (bicyclic) bond motifs is 1. The first kappa shape index (κ1) is 23.0. The second-order valence-electron chi connectivity index (χ2n) is 8.83. The number of aliphatic imine (C=N–C) groups is 1. The molecule has 0 spiro atoms. The highest BCUT2D eigenvalue weighted by Crippen LogP contribution is 2.24. The second-order valence-corrected chi connectivity index (χ2v) is 8.83. The average Bonchev–Trinajstić information content (AvgIpc) is 3.01. The van der Waals surface area contributed by atoms with Crippen molar-refractivity contribution >= 4 is 23.2 Å². The number of hydrogen-bond donors (Lipinski definition) is 2. The van der Waals surface area contributed by atoms with E-state index in [4.69, 9.17) is 9.73 Å². The number of ether oxygens (including phenoxy) is 1. The van der Waals surface area contributed by atoms with Gasteiger partial charge in [-0.3, -0.25) is 14.5 Å². The Kier molecular flexibility index (Phi) is 6.70. The van der Waals surface area contributed by atoms with Crippen LogP contribution in [0.25, 0.3) is 0 Å². The summed E-state index contributed by atoms with van der Waals surface area (Å²) >= 11 is 0. The Labute approximate surface area is 204 Å². The predicted octanol–water partition coefficient (Wildman–Crippen LogP) is 3.45.